The van der Waals surface area contributed by atoms with Crippen LogP contribution in [0.3, 0.4) is 0 Å². The zero-order valence-electron chi connectivity index (χ0n) is 8.83. The summed E-state index contributed by atoms with van der Waals surface area (Å²) in [7, 11) is -3.12. The molecule has 0 saturated carbocycles. The lowest BCUT2D eigenvalue weighted by Gasteiger charge is -2.36. The molecule has 0 aromatic heterocycles. The average molecular weight is 222 g/mol. The Kier molecular flexibility index (Phi) is 3.52. The third-order valence-corrected chi connectivity index (χ3v) is 2.67. The normalized spacial score (nSPS) is 27.5. The van der Waals surface area contributed by atoms with Crippen molar-refractivity contribution in [2.24, 2.45) is 0 Å². The molecule has 14 heavy (non-hydrogen) atoms. The first-order valence-corrected chi connectivity index (χ1v) is 6.51. The lowest BCUT2D eigenvalue weighted by Crippen LogP contribution is -2.53. The zero-order valence-corrected chi connectivity index (χ0v) is 9.65. The van der Waals surface area contributed by atoms with Crippen LogP contribution in [0.1, 0.15) is 13.8 Å². The molecule has 1 heterocycles. The molecule has 1 atom stereocenters. The van der Waals surface area contributed by atoms with Gasteiger partial charge in [-0.3, -0.25) is 0 Å². The molecule has 0 amide bonds. The fraction of sp³-hybridized carbons (Fsp3) is 1.00. The number of rotatable bonds is 3. The van der Waals surface area contributed by atoms with Crippen molar-refractivity contribution in [1.82, 2.24) is 10.0 Å². The number of sulfonamides is 1. The Morgan fingerprint density at radius 3 is 2.71 bits per heavy atom. The Labute approximate surface area is 85.3 Å². The van der Waals surface area contributed by atoms with Crippen LogP contribution in [0.25, 0.3) is 0 Å². The predicted octanol–water partition coefficient (Wildman–Crippen LogP) is -0.697. The van der Waals surface area contributed by atoms with E-state index in [4.69, 9.17) is 4.74 Å². The summed E-state index contributed by atoms with van der Waals surface area (Å²) in [6.07, 6.45) is 1.06. The van der Waals surface area contributed by atoms with Crippen LogP contribution in [0.5, 0.6) is 0 Å². The van der Waals surface area contributed by atoms with Gasteiger partial charge in [-0.25, -0.2) is 13.1 Å². The molecule has 1 fully saturated rings. The van der Waals surface area contributed by atoms with E-state index in [1.807, 2.05) is 13.8 Å². The van der Waals surface area contributed by atoms with Gasteiger partial charge in [0.05, 0.1) is 18.0 Å². The molecule has 0 aliphatic carbocycles. The fourth-order valence-electron chi connectivity index (χ4n) is 1.43. The number of nitrogens with one attached hydrogen (secondary N) is 2. The van der Waals surface area contributed by atoms with Crippen LogP contribution in [0, 0.1) is 0 Å². The minimum atomic E-state index is -3.12. The SMILES string of the molecule is CC1(C)CNC[C@H](CNS(C)(=O)=O)O1. The van der Waals surface area contributed by atoms with Gasteiger partial charge in [-0.2, -0.15) is 0 Å². The summed E-state index contributed by atoms with van der Waals surface area (Å²) in [5, 5.41) is 3.20. The summed E-state index contributed by atoms with van der Waals surface area (Å²) in [6.45, 7) is 5.77. The molecule has 0 unspecified atom stereocenters. The lowest BCUT2D eigenvalue weighted by atomic mass is 10.1. The van der Waals surface area contributed by atoms with Crippen LogP contribution in [-0.2, 0) is 14.8 Å². The molecule has 1 rings (SSSR count). The van der Waals surface area contributed by atoms with Crippen LogP contribution in [-0.4, -0.2) is 46.0 Å². The van der Waals surface area contributed by atoms with Crippen LogP contribution in [0.4, 0.5) is 0 Å². The van der Waals surface area contributed by atoms with Gasteiger partial charge < -0.3 is 10.1 Å². The van der Waals surface area contributed by atoms with E-state index < -0.39 is 10.0 Å². The van der Waals surface area contributed by atoms with Gasteiger partial charge in [-0.15, -0.1) is 0 Å². The van der Waals surface area contributed by atoms with E-state index in [1.165, 1.54) is 0 Å². The second kappa shape index (κ2) is 4.14. The Balaban J connectivity index is 2.39. The van der Waals surface area contributed by atoms with Crippen LogP contribution < -0.4 is 10.0 Å². The van der Waals surface area contributed by atoms with Crippen molar-refractivity contribution in [1.29, 1.82) is 0 Å². The highest BCUT2D eigenvalue weighted by molar-refractivity contribution is 7.88. The standard InChI is InChI=1S/C8H18N2O3S/c1-8(2)6-9-4-7(13-8)5-10-14(3,11)12/h7,9-10H,4-6H2,1-3H3/t7-/m1/s1. The third kappa shape index (κ3) is 4.36. The van der Waals surface area contributed by atoms with Gasteiger partial charge in [-0.05, 0) is 13.8 Å². The molecule has 0 spiro atoms. The maximum absolute atomic E-state index is 10.8. The van der Waals surface area contributed by atoms with Crippen molar-refractivity contribution in [3.63, 3.8) is 0 Å². The predicted molar refractivity (Wildman–Crippen MR) is 54.7 cm³/mol. The summed E-state index contributed by atoms with van der Waals surface area (Å²) in [4.78, 5) is 0. The van der Waals surface area contributed by atoms with E-state index >= 15 is 0 Å². The van der Waals surface area contributed by atoms with Gasteiger partial charge in [0.15, 0.2) is 0 Å². The Bertz CT molecular complexity index is 287. The van der Waals surface area contributed by atoms with Gasteiger partial charge in [0, 0.05) is 19.6 Å². The largest absolute Gasteiger partial charge is 0.368 e. The van der Waals surface area contributed by atoms with Crippen molar-refractivity contribution in [2.75, 3.05) is 25.9 Å². The molecule has 5 nitrogen and oxygen atoms in total. The van der Waals surface area contributed by atoms with Crippen molar-refractivity contribution in [3.05, 3.63) is 0 Å². The maximum Gasteiger partial charge on any atom is 0.208 e. The maximum atomic E-state index is 10.8. The zero-order chi connectivity index (χ0) is 10.8. The van der Waals surface area contributed by atoms with Crippen LogP contribution in [0.15, 0.2) is 0 Å². The molecule has 0 radical (unpaired) electrons. The summed E-state index contributed by atoms with van der Waals surface area (Å²) < 4.78 is 29.8. The van der Waals surface area contributed by atoms with Crippen LogP contribution in [0.2, 0.25) is 0 Å². The third-order valence-electron chi connectivity index (χ3n) is 1.98. The molecule has 0 aromatic rings. The van der Waals surface area contributed by atoms with Crippen LogP contribution >= 0.6 is 0 Å². The smallest absolute Gasteiger partial charge is 0.208 e. The quantitative estimate of drug-likeness (QED) is 0.663. The van der Waals surface area contributed by atoms with Crippen molar-refractivity contribution in [2.45, 2.75) is 25.6 Å². The molecule has 1 aliphatic heterocycles. The Morgan fingerprint density at radius 2 is 2.21 bits per heavy atom. The molecular weight excluding hydrogens is 204 g/mol. The summed E-state index contributed by atoms with van der Waals surface area (Å²) >= 11 is 0. The summed E-state index contributed by atoms with van der Waals surface area (Å²) in [6, 6.07) is 0. The minimum Gasteiger partial charge on any atom is -0.368 e. The van der Waals surface area contributed by atoms with E-state index in [-0.39, 0.29) is 11.7 Å². The Hall–Kier alpha value is -0.170. The second-order valence-corrected chi connectivity index (χ2v) is 6.08. The monoisotopic (exact) mass is 222 g/mol. The first-order valence-electron chi connectivity index (χ1n) is 4.62. The van der Waals surface area contributed by atoms with Gasteiger partial charge in [0.25, 0.3) is 0 Å². The highest BCUT2D eigenvalue weighted by Crippen LogP contribution is 2.14. The molecule has 6 heteroatoms. The number of ether oxygens (including phenoxy) is 1. The molecule has 84 valence electrons. The Morgan fingerprint density at radius 1 is 1.57 bits per heavy atom. The van der Waals surface area contributed by atoms with Gasteiger partial charge >= 0.3 is 0 Å². The summed E-state index contributed by atoms with van der Waals surface area (Å²) in [5.74, 6) is 0. The molecule has 0 aromatic carbocycles. The number of hydrogen-bond donors (Lipinski definition) is 2. The van der Waals surface area contributed by atoms with Gasteiger partial charge in [0.2, 0.25) is 10.0 Å². The van der Waals surface area contributed by atoms with E-state index in [2.05, 4.69) is 10.0 Å². The highest BCUT2D eigenvalue weighted by Gasteiger charge is 2.28. The van der Waals surface area contributed by atoms with Gasteiger partial charge in [-0.1, -0.05) is 0 Å². The minimum absolute atomic E-state index is 0.0894. The topological polar surface area (TPSA) is 67.4 Å². The van der Waals surface area contributed by atoms with Crippen molar-refractivity contribution < 1.29 is 13.2 Å². The molecule has 1 aliphatic rings. The first kappa shape index (κ1) is 11.9. The lowest BCUT2D eigenvalue weighted by molar-refractivity contribution is -0.0903. The van der Waals surface area contributed by atoms with Crippen molar-refractivity contribution in [3.8, 4) is 0 Å². The van der Waals surface area contributed by atoms with Gasteiger partial charge in [0.1, 0.15) is 0 Å². The fourth-order valence-corrected chi connectivity index (χ4v) is 1.92. The molecule has 2 N–H and O–H groups in total. The number of hydrogen-bond acceptors (Lipinski definition) is 4. The molecule has 1 saturated heterocycles. The summed E-state index contributed by atoms with van der Waals surface area (Å²) in [5.41, 5.74) is -0.220. The second-order valence-electron chi connectivity index (χ2n) is 4.25. The van der Waals surface area contributed by atoms with E-state index in [9.17, 15) is 8.42 Å². The van der Waals surface area contributed by atoms with E-state index in [1.54, 1.807) is 0 Å². The average Bonchev–Trinajstić information content (AvgIpc) is 1.98. The molecular formula is C8H18N2O3S. The molecule has 0 bridgehead atoms. The van der Waals surface area contributed by atoms with Crippen molar-refractivity contribution >= 4 is 10.0 Å². The number of morpholine rings is 1. The van der Waals surface area contributed by atoms with E-state index in [0.717, 1.165) is 12.8 Å². The highest BCUT2D eigenvalue weighted by atomic mass is 32.2. The van der Waals surface area contributed by atoms with E-state index in [0.29, 0.717) is 13.1 Å². The first-order chi connectivity index (χ1) is 6.29.